The number of carbonyl (C=O) groups excluding carboxylic acids is 1. The minimum Gasteiger partial charge on any atom is -0.490 e. The first-order chi connectivity index (χ1) is 17.2. The number of hydrogen-bond acceptors (Lipinski definition) is 8. The van der Waals surface area contributed by atoms with Crippen molar-refractivity contribution in [3.05, 3.63) is 76.8 Å². The van der Waals surface area contributed by atoms with Crippen molar-refractivity contribution < 1.29 is 22.7 Å². The third-order valence-corrected chi connectivity index (χ3v) is 7.83. The molecular formula is C24H21ClN4O5S2. The average molecular weight is 545 g/mol. The standard InChI is InChI=1S/C24H21ClN4O5S2/c1-3-6-16-7-4-5-8-19(16)33-11-12-34-20-10-9-15(14-18(20)25)13-17-21(26)29-23(27-22(17)30)35-24(28-29)36(2,31)32/h3-5,7-10,13-14,26H,1,6,11-12H2,2H3/b17-13+,26-21?. The van der Waals surface area contributed by atoms with E-state index in [1.54, 1.807) is 18.2 Å². The Morgan fingerprint density at radius 3 is 2.58 bits per heavy atom. The number of nitrogens with one attached hydrogen (secondary N) is 1. The number of benzene rings is 2. The normalized spacial score (nSPS) is 16.5. The van der Waals surface area contributed by atoms with Gasteiger partial charge >= 0.3 is 0 Å². The van der Waals surface area contributed by atoms with Crippen molar-refractivity contribution in [1.29, 1.82) is 5.41 Å². The number of halogens is 1. The van der Waals surface area contributed by atoms with Crippen LogP contribution in [0.5, 0.6) is 11.5 Å². The molecule has 186 valence electrons. The molecule has 36 heavy (non-hydrogen) atoms. The van der Waals surface area contributed by atoms with Crippen LogP contribution in [0.4, 0.5) is 0 Å². The van der Waals surface area contributed by atoms with Gasteiger partial charge in [-0.15, -0.1) is 11.7 Å². The maximum absolute atomic E-state index is 12.5. The van der Waals surface area contributed by atoms with E-state index >= 15 is 0 Å². The maximum Gasteiger partial charge on any atom is 0.283 e. The molecule has 2 aromatic rings. The highest BCUT2D eigenvalue weighted by Gasteiger charge is 2.38. The van der Waals surface area contributed by atoms with Gasteiger partial charge in [-0.2, -0.15) is 10.0 Å². The molecule has 0 spiro atoms. The summed E-state index contributed by atoms with van der Waals surface area (Å²) in [5, 5.41) is 13.6. The van der Waals surface area contributed by atoms with Crippen molar-refractivity contribution in [1.82, 2.24) is 5.01 Å². The number of amidine groups is 2. The highest BCUT2D eigenvalue weighted by molar-refractivity contribution is 8.42. The van der Waals surface area contributed by atoms with Gasteiger partial charge in [0.15, 0.2) is 5.84 Å². The summed E-state index contributed by atoms with van der Waals surface area (Å²) in [5.41, 5.74) is 1.52. The lowest BCUT2D eigenvalue weighted by atomic mass is 10.1. The van der Waals surface area contributed by atoms with Gasteiger partial charge in [0.1, 0.15) is 24.7 Å². The molecule has 2 heterocycles. The van der Waals surface area contributed by atoms with Crippen molar-refractivity contribution in [2.75, 3.05) is 19.5 Å². The smallest absolute Gasteiger partial charge is 0.283 e. The number of fused-ring (bicyclic) bond motifs is 1. The molecule has 1 amide bonds. The second kappa shape index (κ2) is 10.7. The molecule has 0 saturated heterocycles. The van der Waals surface area contributed by atoms with Crippen molar-refractivity contribution in [2.24, 2.45) is 10.1 Å². The predicted octanol–water partition coefficient (Wildman–Crippen LogP) is 4.15. The Morgan fingerprint density at radius 1 is 1.17 bits per heavy atom. The van der Waals surface area contributed by atoms with Gasteiger partial charge in [-0.05, 0) is 53.6 Å². The van der Waals surface area contributed by atoms with Gasteiger partial charge in [0.25, 0.3) is 5.91 Å². The summed E-state index contributed by atoms with van der Waals surface area (Å²) in [6, 6.07) is 12.6. The number of rotatable bonds is 8. The summed E-state index contributed by atoms with van der Waals surface area (Å²) in [6.45, 7) is 4.33. The molecule has 9 nitrogen and oxygen atoms in total. The number of hydrogen-bond donors (Lipinski definition) is 1. The number of ether oxygens (including phenoxy) is 2. The molecule has 4 rings (SSSR count). The Kier molecular flexibility index (Phi) is 7.62. The molecule has 0 saturated carbocycles. The Labute approximate surface area is 217 Å². The van der Waals surface area contributed by atoms with Gasteiger partial charge in [-0.3, -0.25) is 10.2 Å². The van der Waals surface area contributed by atoms with Gasteiger partial charge < -0.3 is 9.47 Å². The second-order valence-corrected chi connectivity index (χ2v) is 11.2. The summed E-state index contributed by atoms with van der Waals surface area (Å²) in [5.74, 6) is 0.255. The van der Waals surface area contributed by atoms with Crippen LogP contribution in [0.15, 0.2) is 70.8 Å². The Hall–Kier alpha value is -3.41. The van der Waals surface area contributed by atoms with Crippen LogP contribution < -0.4 is 9.47 Å². The number of aliphatic imine (C=N–C) groups is 1. The van der Waals surface area contributed by atoms with Crippen LogP contribution >= 0.6 is 23.4 Å². The molecule has 0 unspecified atom stereocenters. The van der Waals surface area contributed by atoms with E-state index in [4.69, 9.17) is 26.5 Å². The third-order valence-electron chi connectivity index (χ3n) is 4.96. The van der Waals surface area contributed by atoms with Crippen molar-refractivity contribution in [3.8, 4) is 11.5 Å². The number of amides is 1. The quantitative estimate of drug-likeness (QED) is 0.301. The van der Waals surface area contributed by atoms with Crippen LogP contribution in [-0.4, -0.2) is 54.2 Å². The number of allylic oxidation sites excluding steroid dienone is 1. The zero-order valence-electron chi connectivity index (χ0n) is 19.1. The van der Waals surface area contributed by atoms with E-state index in [0.717, 1.165) is 34.3 Å². The highest BCUT2D eigenvalue weighted by Crippen LogP contribution is 2.31. The van der Waals surface area contributed by atoms with E-state index in [9.17, 15) is 13.2 Å². The second-order valence-electron chi connectivity index (χ2n) is 7.65. The largest absolute Gasteiger partial charge is 0.490 e. The molecule has 0 radical (unpaired) electrons. The Morgan fingerprint density at radius 2 is 1.89 bits per heavy atom. The van der Waals surface area contributed by atoms with Crippen molar-refractivity contribution >= 4 is 60.6 Å². The molecule has 0 atom stereocenters. The fraction of sp³-hybridized carbons (Fsp3) is 0.167. The van der Waals surface area contributed by atoms with Gasteiger partial charge in [0, 0.05) is 6.26 Å². The van der Waals surface area contributed by atoms with Crippen LogP contribution in [0.2, 0.25) is 5.02 Å². The maximum atomic E-state index is 12.5. The van der Waals surface area contributed by atoms with E-state index < -0.39 is 15.7 Å². The minimum absolute atomic E-state index is 0.0266. The topological polar surface area (TPSA) is 121 Å². The molecule has 2 aliphatic rings. The zero-order valence-corrected chi connectivity index (χ0v) is 21.5. The Balaban J connectivity index is 1.42. The highest BCUT2D eigenvalue weighted by atomic mass is 35.5. The first-order valence-corrected chi connectivity index (χ1v) is 13.7. The van der Waals surface area contributed by atoms with E-state index in [2.05, 4.69) is 16.7 Å². The van der Waals surface area contributed by atoms with Crippen LogP contribution in [0.25, 0.3) is 6.08 Å². The minimum atomic E-state index is -3.60. The molecule has 0 aromatic heterocycles. The summed E-state index contributed by atoms with van der Waals surface area (Å²) in [7, 11) is -3.60. The number of carbonyl (C=O) groups is 1. The number of nitrogens with zero attached hydrogens (tertiary/aromatic N) is 3. The number of sulfone groups is 1. The first-order valence-electron chi connectivity index (χ1n) is 10.6. The summed E-state index contributed by atoms with van der Waals surface area (Å²) in [4.78, 5) is 16.4. The predicted molar refractivity (Wildman–Crippen MR) is 143 cm³/mol. The molecule has 0 aliphatic carbocycles. The first kappa shape index (κ1) is 25.7. The molecule has 12 heteroatoms. The number of hydrazone groups is 1. The van der Waals surface area contributed by atoms with Gasteiger partial charge in [-0.1, -0.05) is 41.9 Å². The lowest BCUT2D eigenvalue weighted by Gasteiger charge is -2.20. The number of thioether (sulfide) groups is 1. The van der Waals surface area contributed by atoms with Gasteiger partial charge in [0.05, 0.1) is 10.6 Å². The monoisotopic (exact) mass is 544 g/mol. The molecule has 0 bridgehead atoms. The van der Waals surface area contributed by atoms with Crippen LogP contribution in [0, 0.1) is 5.41 Å². The fourth-order valence-corrected chi connectivity index (χ4v) is 5.22. The molecule has 1 N–H and O–H groups in total. The van der Waals surface area contributed by atoms with Gasteiger partial charge in [-0.25, -0.2) is 8.42 Å². The lowest BCUT2D eigenvalue weighted by Crippen LogP contribution is -2.35. The van der Waals surface area contributed by atoms with E-state index in [0.29, 0.717) is 29.4 Å². The Bertz CT molecular complexity index is 1450. The summed E-state index contributed by atoms with van der Waals surface area (Å²) >= 11 is 7.10. The molecule has 2 aromatic carbocycles. The third kappa shape index (κ3) is 5.69. The van der Waals surface area contributed by atoms with Crippen molar-refractivity contribution in [2.45, 2.75) is 6.42 Å². The van der Waals surface area contributed by atoms with Crippen LogP contribution in [-0.2, 0) is 21.1 Å². The van der Waals surface area contributed by atoms with E-state index in [1.165, 1.54) is 6.08 Å². The van der Waals surface area contributed by atoms with Crippen LogP contribution in [0.1, 0.15) is 11.1 Å². The molecule has 2 aliphatic heterocycles. The summed E-state index contributed by atoms with van der Waals surface area (Å²) in [6.07, 6.45) is 4.96. The molecule has 0 fully saturated rings. The van der Waals surface area contributed by atoms with Crippen LogP contribution in [0.3, 0.4) is 0 Å². The average Bonchev–Trinajstić information content (AvgIpc) is 3.26. The van der Waals surface area contributed by atoms with E-state index in [1.807, 2.05) is 30.3 Å². The number of para-hydroxylation sites is 1. The zero-order chi connectivity index (χ0) is 25.9. The summed E-state index contributed by atoms with van der Waals surface area (Å²) < 4.78 is 34.9. The van der Waals surface area contributed by atoms with Crippen molar-refractivity contribution in [3.63, 3.8) is 0 Å². The SMILES string of the molecule is C=CCc1ccccc1OCCOc1ccc(/C=C2\C(=N)N3N=C(S(C)(=O)=O)SC3=NC2=O)cc1Cl. The van der Waals surface area contributed by atoms with Gasteiger partial charge in [0.2, 0.25) is 19.4 Å². The lowest BCUT2D eigenvalue weighted by molar-refractivity contribution is -0.114. The molecular weight excluding hydrogens is 524 g/mol. The van der Waals surface area contributed by atoms with E-state index in [-0.39, 0.29) is 27.6 Å². The fourth-order valence-electron chi connectivity index (χ4n) is 3.29.